The van der Waals surface area contributed by atoms with Crippen molar-refractivity contribution >= 4 is 45.8 Å². The minimum atomic E-state index is -0.207. The number of hydrogen-bond donors (Lipinski definition) is 3. The summed E-state index contributed by atoms with van der Waals surface area (Å²) in [6, 6.07) is 1.46. The van der Waals surface area contributed by atoms with E-state index in [4.69, 9.17) is 11.5 Å². The second-order valence-electron chi connectivity index (χ2n) is 4.94. The Hall–Kier alpha value is -1.94. The number of nitrogens with two attached hydrogens (primary N) is 2. The smallest absolute Gasteiger partial charge is 0.236 e. The summed E-state index contributed by atoms with van der Waals surface area (Å²) < 4.78 is 0. The van der Waals surface area contributed by atoms with Crippen molar-refractivity contribution in [2.75, 3.05) is 22.5 Å². The summed E-state index contributed by atoms with van der Waals surface area (Å²) >= 11 is 2.54. The molecule has 1 amide bonds. The van der Waals surface area contributed by atoms with Gasteiger partial charge in [0.05, 0.1) is 5.75 Å². The lowest BCUT2D eigenvalue weighted by Crippen LogP contribution is -2.14. The number of nitrogen functional groups attached to an aromatic ring is 2. The Kier molecular flexibility index (Phi) is 5.50. The molecular formula is C12H17N7OS2. The van der Waals surface area contributed by atoms with Crippen molar-refractivity contribution < 1.29 is 4.79 Å². The van der Waals surface area contributed by atoms with Gasteiger partial charge in [0.2, 0.25) is 11.0 Å². The van der Waals surface area contributed by atoms with E-state index in [1.807, 2.05) is 0 Å². The van der Waals surface area contributed by atoms with Gasteiger partial charge in [-0.25, -0.2) is 9.97 Å². The Labute approximate surface area is 136 Å². The van der Waals surface area contributed by atoms with Gasteiger partial charge in [-0.15, -0.1) is 10.2 Å². The van der Waals surface area contributed by atoms with Crippen molar-refractivity contribution in [1.82, 2.24) is 20.2 Å². The maximum atomic E-state index is 11.9. The monoisotopic (exact) mass is 339 g/mol. The Morgan fingerprint density at radius 1 is 1.32 bits per heavy atom. The number of carbonyl (C=O) groups is 1. The molecular weight excluding hydrogens is 322 g/mol. The molecule has 2 aromatic rings. The molecule has 0 saturated heterocycles. The molecule has 0 aromatic carbocycles. The third-order valence-electron chi connectivity index (χ3n) is 2.37. The summed E-state index contributed by atoms with van der Waals surface area (Å²) in [4.78, 5) is 19.9. The summed E-state index contributed by atoms with van der Waals surface area (Å²) in [6.45, 7) is 4.21. The molecule has 2 heterocycles. The van der Waals surface area contributed by atoms with Gasteiger partial charge < -0.3 is 11.5 Å². The number of aromatic nitrogens is 4. The number of anilines is 3. The molecule has 2 aromatic heterocycles. The van der Waals surface area contributed by atoms with Gasteiger partial charge in [0, 0.05) is 12.5 Å². The van der Waals surface area contributed by atoms with Crippen molar-refractivity contribution in [2.45, 2.75) is 25.4 Å². The molecule has 5 N–H and O–H groups in total. The predicted octanol–water partition coefficient (Wildman–Crippen LogP) is 1.42. The van der Waals surface area contributed by atoms with Gasteiger partial charge in [-0.3, -0.25) is 10.1 Å². The average molecular weight is 339 g/mol. The Morgan fingerprint density at radius 3 is 2.64 bits per heavy atom. The minimum absolute atomic E-state index is 0.141. The predicted molar refractivity (Wildman–Crippen MR) is 88.7 cm³/mol. The fraction of sp³-hybridized carbons (Fsp3) is 0.417. The van der Waals surface area contributed by atoms with Crippen LogP contribution in [0.1, 0.15) is 18.9 Å². The van der Waals surface area contributed by atoms with E-state index in [2.05, 4.69) is 39.3 Å². The maximum absolute atomic E-state index is 11.9. The number of nitrogens with zero attached hydrogens (tertiary/aromatic N) is 4. The van der Waals surface area contributed by atoms with Crippen LogP contribution in [-0.2, 0) is 11.2 Å². The van der Waals surface area contributed by atoms with Gasteiger partial charge in [0.15, 0.2) is 5.16 Å². The van der Waals surface area contributed by atoms with Crippen LogP contribution in [0.2, 0.25) is 0 Å². The lowest BCUT2D eigenvalue weighted by atomic mass is 10.1. The van der Waals surface area contributed by atoms with Gasteiger partial charge in [0.1, 0.15) is 16.6 Å². The number of thioether (sulfide) groups is 1. The van der Waals surface area contributed by atoms with Gasteiger partial charge in [-0.2, -0.15) is 0 Å². The van der Waals surface area contributed by atoms with E-state index in [0.29, 0.717) is 16.2 Å². The SMILES string of the molecule is CC(C)Cc1nnc(NC(=O)CSc2nc(N)cc(N)n2)s1. The van der Waals surface area contributed by atoms with Gasteiger partial charge >= 0.3 is 0 Å². The van der Waals surface area contributed by atoms with E-state index in [-0.39, 0.29) is 23.3 Å². The van der Waals surface area contributed by atoms with E-state index >= 15 is 0 Å². The molecule has 0 aliphatic carbocycles. The maximum Gasteiger partial charge on any atom is 0.236 e. The number of carbonyl (C=O) groups excluding carboxylic acids is 1. The summed E-state index contributed by atoms with van der Waals surface area (Å²) in [5, 5.41) is 12.5. The molecule has 8 nitrogen and oxygen atoms in total. The van der Waals surface area contributed by atoms with Crippen LogP contribution in [0.3, 0.4) is 0 Å². The van der Waals surface area contributed by atoms with E-state index in [1.165, 1.54) is 17.4 Å². The van der Waals surface area contributed by atoms with Crippen molar-refractivity contribution in [2.24, 2.45) is 5.92 Å². The Morgan fingerprint density at radius 2 is 2.00 bits per heavy atom. The van der Waals surface area contributed by atoms with Crippen LogP contribution in [-0.4, -0.2) is 31.8 Å². The van der Waals surface area contributed by atoms with E-state index in [1.54, 1.807) is 0 Å². The Balaban J connectivity index is 1.86. The lowest BCUT2D eigenvalue weighted by Gasteiger charge is -2.02. The summed E-state index contributed by atoms with van der Waals surface area (Å²) in [5.74, 6) is 0.984. The highest BCUT2D eigenvalue weighted by molar-refractivity contribution is 7.99. The van der Waals surface area contributed by atoms with Crippen molar-refractivity contribution in [3.05, 3.63) is 11.1 Å². The van der Waals surface area contributed by atoms with E-state index in [0.717, 1.165) is 23.2 Å². The summed E-state index contributed by atoms with van der Waals surface area (Å²) in [5.41, 5.74) is 11.1. The molecule has 118 valence electrons. The molecule has 0 unspecified atom stereocenters. The van der Waals surface area contributed by atoms with Crippen LogP contribution in [0.4, 0.5) is 16.8 Å². The third kappa shape index (κ3) is 5.11. The number of nitrogens with one attached hydrogen (secondary N) is 1. The van der Waals surface area contributed by atoms with Crippen LogP contribution < -0.4 is 16.8 Å². The van der Waals surface area contributed by atoms with E-state index < -0.39 is 0 Å². The largest absolute Gasteiger partial charge is 0.383 e. The standard InChI is InChI=1S/C12H17N7OS2/c1-6(2)3-10-18-19-12(22-10)17-9(20)5-21-11-15-7(13)4-8(14)16-11/h4,6H,3,5H2,1-2H3,(H,17,19,20)(H4,13,14,15,16). The minimum Gasteiger partial charge on any atom is -0.383 e. The van der Waals surface area contributed by atoms with Crippen molar-refractivity contribution in [1.29, 1.82) is 0 Å². The first-order valence-electron chi connectivity index (χ1n) is 6.57. The number of hydrogen-bond acceptors (Lipinski definition) is 9. The number of rotatable bonds is 6. The normalized spacial score (nSPS) is 10.9. The molecule has 0 fully saturated rings. The first-order chi connectivity index (χ1) is 10.4. The molecule has 0 spiro atoms. The molecule has 10 heteroatoms. The van der Waals surface area contributed by atoms with Crippen molar-refractivity contribution in [3.63, 3.8) is 0 Å². The zero-order valence-corrected chi connectivity index (χ0v) is 13.9. The quantitative estimate of drug-likeness (QED) is 0.531. The van der Waals surface area contributed by atoms with Crippen LogP contribution >= 0.6 is 23.1 Å². The highest BCUT2D eigenvalue weighted by Gasteiger charge is 2.11. The summed E-state index contributed by atoms with van der Waals surface area (Å²) in [6.07, 6.45) is 0.846. The van der Waals surface area contributed by atoms with E-state index in [9.17, 15) is 4.79 Å². The van der Waals surface area contributed by atoms with Crippen LogP contribution in [0.5, 0.6) is 0 Å². The first kappa shape index (κ1) is 16.4. The fourth-order valence-corrected chi connectivity index (χ4v) is 3.19. The molecule has 0 radical (unpaired) electrons. The van der Waals surface area contributed by atoms with Gasteiger partial charge in [0.25, 0.3) is 0 Å². The molecule has 22 heavy (non-hydrogen) atoms. The molecule has 2 rings (SSSR count). The highest BCUT2D eigenvalue weighted by atomic mass is 32.2. The van der Waals surface area contributed by atoms with Crippen LogP contribution in [0, 0.1) is 5.92 Å². The fourth-order valence-electron chi connectivity index (χ4n) is 1.55. The molecule has 0 saturated carbocycles. The molecule has 0 bridgehead atoms. The average Bonchev–Trinajstić information content (AvgIpc) is 2.81. The third-order valence-corrected chi connectivity index (χ3v) is 4.08. The van der Waals surface area contributed by atoms with Crippen LogP contribution in [0.15, 0.2) is 11.2 Å². The summed E-state index contributed by atoms with van der Waals surface area (Å²) in [7, 11) is 0. The second kappa shape index (κ2) is 7.36. The number of amides is 1. The topological polar surface area (TPSA) is 133 Å². The Bertz CT molecular complexity index is 638. The van der Waals surface area contributed by atoms with Crippen LogP contribution in [0.25, 0.3) is 0 Å². The zero-order valence-electron chi connectivity index (χ0n) is 12.2. The second-order valence-corrected chi connectivity index (χ2v) is 6.94. The first-order valence-corrected chi connectivity index (χ1v) is 8.37. The van der Waals surface area contributed by atoms with Gasteiger partial charge in [-0.1, -0.05) is 36.9 Å². The molecule has 0 aliphatic rings. The lowest BCUT2D eigenvalue weighted by molar-refractivity contribution is -0.113. The van der Waals surface area contributed by atoms with Gasteiger partial charge in [-0.05, 0) is 5.92 Å². The molecule has 0 atom stereocenters. The molecule has 0 aliphatic heterocycles. The van der Waals surface area contributed by atoms with Crippen molar-refractivity contribution in [3.8, 4) is 0 Å². The highest BCUT2D eigenvalue weighted by Crippen LogP contribution is 2.20. The zero-order chi connectivity index (χ0) is 16.1.